The molecule has 0 aliphatic rings. The summed E-state index contributed by atoms with van der Waals surface area (Å²) < 4.78 is 13.7. The predicted octanol–water partition coefficient (Wildman–Crippen LogP) is 1.15. The monoisotopic (exact) mass is 319 g/mol. The lowest BCUT2D eigenvalue weighted by Gasteiger charge is -2.13. The number of amides is 1. The average molecular weight is 320 g/mol. The van der Waals surface area contributed by atoms with Crippen LogP contribution in [0.1, 0.15) is 16.8 Å². The molecule has 18 heavy (non-hydrogen) atoms. The second-order valence-corrected chi connectivity index (χ2v) is 4.33. The van der Waals surface area contributed by atoms with Crippen molar-refractivity contribution in [2.24, 2.45) is 0 Å². The first kappa shape index (κ1) is 14.6. The number of halogens is 2. The van der Waals surface area contributed by atoms with Crippen molar-refractivity contribution in [1.29, 1.82) is 0 Å². The summed E-state index contributed by atoms with van der Waals surface area (Å²) in [5.74, 6) is -2.88. The Bertz CT molecular complexity index is 466. The number of benzene rings is 1. The van der Waals surface area contributed by atoms with E-state index in [0.717, 1.165) is 0 Å². The molecule has 0 aliphatic carbocycles. The number of rotatable bonds is 5. The standard InChI is InChI=1S/C11H11BrFNO4/c12-7-3-1-2-6(9(7)13)10(16)14-8(4-5-15)11(17)18/h1-3,8,15H,4-5H2,(H,14,16)(H,17,18). The molecule has 0 spiro atoms. The number of carboxylic acids is 1. The van der Waals surface area contributed by atoms with Gasteiger partial charge < -0.3 is 15.5 Å². The van der Waals surface area contributed by atoms with E-state index in [1.165, 1.54) is 18.2 Å². The molecule has 1 aromatic rings. The molecule has 1 aromatic carbocycles. The molecule has 98 valence electrons. The van der Waals surface area contributed by atoms with Crippen molar-refractivity contribution >= 4 is 27.8 Å². The highest BCUT2D eigenvalue weighted by Crippen LogP contribution is 2.18. The summed E-state index contributed by atoms with van der Waals surface area (Å²) in [6, 6.07) is 2.88. The fourth-order valence-electron chi connectivity index (χ4n) is 1.30. The normalized spacial score (nSPS) is 11.9. The minimum absolute atomic E-state index is 0.115. The number of nitrogens with one attached hydrogen (secondary N) is 1. The zero-order valence-corrected chi connectivity index (χ0v) is 10.8. The molecule has 0 aromatic heterocycles. The van der Waals surface area contributed by atoms with Gasteiger partial charge in [0, 0.05) is 13.0 Å². The van der Waals surface area contributed by atoms with Crippen LogP contribution in [0.25, 0.3) is 0 Å². The Kier molecular flexibility index (Phi) is 5.24. The summed E-state index contributed by atoms with van der Waals surface area (Å²) in [4.78, 5) is 22.5. The summed E-state index contributed by atoms with van der Waals surface area (Å²) in [5.41, 5.74) is -0.256. The molecule has 0 bridgehead atoms. The second kappa shape index (κ2) is 6.46. The number of carbonyl (C=O) groups is 2. The van der Waals surface area contributed by atoms with Gasteiger partial charge in [-0.25, -0.2) is 9.18 Å². The fourth-order valence-corrected chi connectivity index (χ4v) is 1.67. The topological polar surface area (TPSA) is 86.6 Å². The summed E-state index contributed by atoms with van der Waals surface area (Å²) in [6.45, 7) is -0.391. The van der Waals surface area contributed by atoms with Gasteiger partial charge in [-0.05, 0) is 28.1 Å². The Morgan fingerprint density at radius 3 is 2.67 bits per heavy atom. The summed E-state index contributed by atoms with van der Waals surface area (Å²) in [6.07, 6.45) is -0.142. The third-order valence-corrected chi connectivity index (χ3v) is 2.83. The van der Waals surface area contributed by atoms with E-state index < -0.39 is 30.3 Å². The Morgan fingerprint density at radius 2 is 2.11 bits per heavy atom. The highest BCUT2D eigenvalue weighted by Gasteiger charge is 2.22. The van der Waals surface area contributed by atoms with Gasteiger partial charge in [-0.15, -0.1) is 0 Å². The maximum absolute atomic E-state index is 13.6. The van der Waals surface area contributed by atoms with Crippen molar-refractivity contribution in [3.05, 3.63) is 34.1 Å². The van der Waals surface area contributed by atoms with Gasteiger partial charge in [-0.3, -0.25) is 4.79 Å². The highest BCUT2D eigenvalue weighted by atomic mass is 79.9. The number of carbonyl (C=O) groups excluding carboxylic acids is 1. The molecule has 0 heterocycles. The van der Waals surface area contributed by atoms with Crippen molar-refractivity contribution in [2.75, 3.05) is 6.61 Å². The average Bonchev–Trinajstić information content (AvgIpc) is 2.31. The van der Waals surface area contributed by atoms with Crippen LogP contribution in [0.2, 0.25) is 0 Å². The summed E-state index contributed by atoms with van der Waals surface area (Å²) >= 11 is 2.93. The van der Waals surface area contributed by atoms with Gasteiger partial charge in [-0.2, -0.15) is 0 Å². The number of aliphatic hydroxyl groups is 1. The maximum atomic E-state index is 13.6. The quantitative estimate of drug-likeness (QED) is 0.760. The number of aliphatic carboxylic acids is 1. The Hall–Kier alpha value is -1.47. The number of aliphatic hydroxyl groups excluding tert-OH is 1. The third-order valence-electron chi connectivity index (χ3n) is 2.22. The Balaban J connectivity index is 2.87. The van der Waals surface area contributed by atoms with Gasteiger partial charge in [0.2, 0.25) is 0 Å². The predicted molar refractivity (Wildman–Crippen MR) is 64.7 cm³/mol. The van der Waals surface area contributed by atoms with Gasteiger partial charge in [-0.1, -0.05) is 6.07 Å². The Labute approximate surface area is 111 Å². The lowest BCUT2D eigenvalue weighted by atomic mass is 10.1. The van der Waals surface area contributed by atoms with Crippen molar-refractivity contribution in [1.82, 2.24) is 5.32 Å². The van der Waals surface area contributed by atoms with Crippen molar-refractivity contribution < 1.29 is 24.2 Å². The van der Waals surface area contributed by atoms with Gasteiger partial charge in [0.25, 0.3) is 5.91 Å². The second-order valence-electron chi connectivity index (χ2n) is 3.48. The molecule has 1 atom stereocenters. The molecule has 0 saturated heterocycles. The summed E-state index contributed by atoms with van der Waals surface area (Å²) in [7, 11) is 0. The highest BCUT2D eigenvalue weighted by molar-refractivity contribution is 9.10. The number of hydrogen-bond acceptors (Lipinski definition) is 3. The van der Waals surface area contributed by atoms with Crippen molar-refractivity contribution in [3.8, 4) is 0 Å². The molecule has 1 unspecified atom stereocenters. The van der Waals surface area contributed by atoms with Crippen LogP contribution < -0.4 is 5.32 Å². The molecule has 1 rings (SSSR count). The zero-order valence-electron chi connectivity index (χ0n) is 9.19. The largest absolute Gasteiger partial charge is 0.480 e. The van der Waals surface area contributed by atoms with Crippen LogP contribution in [-0.4, -0.2) is 34.7 Å². The molecule has 0 radical (unpaired) electrons. The van der Waals surface area contributed by atoms with E-state index in [1.54, 1.807) is 0 Å². The van der Waals surface area contributed by atoms with Crippen LogP contribution in [0.4, 0.5) is 4.39 Å². The van der Waals surface area contributed by atoms with Gasteiger partial charge in [0.05, 0.1) is 10.0 Å². The van der Waals surface area contributed by atoms with Crippen LogP contribution >= 0.6 is 15.9 Å². The van der Waals surface area contributed by atoms with E-state index in [0.29, 0.717) is 0 Å². The van der Waals surface area contributed by atoms with Crippen LogP contribution in [0.5, 0.6) is 0 Å². The first-order valence-electron chi connectivity index (χ1n) is 5.06. The lowest BCUT2D eigenvalue weighted by Crippen LogP contribution is -2.41. The number of carboxylic acid groups (broad SMARTS) is 1. The minimum Gasteiger partial charge on any atom is -0.480 e. The number of hydrogen-bond donors (Lipinski definition) is 3. The van der Waals surface area contributed by atoms with E-state index in [1.807, 2.05) is 0 Å². The van der Waals surface area contributed by atoms with Gasteiger partial charge in [0.15, 0.2) is 0 Å². The Morgan fingerprint density at radius 1 is 1.44 bits per heavy atom. The first-order valence-corrected chi connectivity index (χ1v) is 5.85. The molecule has 0 aliphatic heterocycles. The summed E-state index contributed by atoms with van der Waals surface area (Å²) in [5, 5.41) is 19.6. The molecule has 0 saturated carbocycles. The van der Waals surface area contributed by atoms with E-state index in [-0.39, 0.29) is 16.5 Å². The molecule has 7 heteroatoms. The molecular formula is C11H11BrFNO4. The van der Waals surface area contributed by atoms with E-state index >= 15 is 0 Å². The lowest BCUT2D eigenvalue weighted by molar-refractivity contribution is -0.139. The molecule has 3 N–H and O–H groups in total. The van der Waals surface area contributed by atoms with Gasteiger partial charge >= 0.3 is 5.97 Å². The van der Waals surface area contributed by atoms with Gasteiger partial charge in [0.1, 0.15) is 11.9 Å². The smallest absolute Gasteiger partial charge is 0.326 e. The van der Waals surface area contributed by atoms with E-state index in [9.17, 15) is 14.0 Å². The van der Waals surface area contributed by atoms with Crippen LogP contribution in [0.3, 0.4) is 0 Å². The molecule has 5 nitrogen and oxygen atoms in total. The van der Waals surface area contributed by atoms with E-state index in [4.69, 9.17) is 10.2 Å². The van der Waals surface area contributed by atoms with Crippen LogP contribution in [-0.2, 0) is 4.79 Å². The first-order chi connectivity index (χ1) is 8.47. The molecule has 1 amide bonds. The maximum Gasteiger partial charge on any atom is 0.326 e. The zero-order chi connectivity index (χ0) is 13.7. The van der Waals surface area contributed by atoms with Crippen LogP contribution in [0.15, 0.2) is 22.7 Å². The van der Waals surface area contributed by atoms with Crippen LogP contribution in [0, 0.1) is 5.82 Å². The molecule has 0 fully saturated rings. The SMILES string of the molecule is O=C(NC(CCO)C(=O)O)c1cccc(Br)c1F. The van der Waals surface area contributed by atoms with Crippen molar-refractivity contribution in [2.45, 2.75) is 12.5 Å². The van der Waals surface area contributed by atoms with Crippen molar-refractivity contribution in [3.63, 3.8) is 0 Å². The fraction of sp³-hybridized carbons (Fsp3) is 0.273. The van der Waals surface area contributed by atoms with E-state index in [2.05, 4.69) is 21.2 Å². The molecular weight excluding hydrogens is 309 g/mol. The third kappa shape index (κ3) is 3.51. The minimum atomic E-state index is -1.28.